The molecular weight excluding hydrogens is 487 g/mol. The predicted octanol–water partition coefficient (Wildman–Crippen LogP) is 3.16. The number of nitrogens with zero attached hydrogens (tertiary/aromatic N) is 4. The minimum absolute atomic E-state index is 0.0310. The van der Waals surface area contributed by atoms with Crippen molar-refractivity contribution in [3.63, 3.8) is 0 Å². The molecule has 0 spiro atoms. The Labute approximate surface area is 201 Å². The minimum Gasteiger partial charge on any atom is -0.493 e. The van der Waals surface area contributed by atoms with E-state index in [1.54, 1.807) is 18.2 Å². The number of alkyl halides is 3. The second-order valence-electron chi connectivity index (χ2n) is 6.92. The normalized spacial score (nSPS) is 17.7. The largest absolute Gasteiger partial charge is 0.493 e. The summed E-state index contributed by atoms with van der Waals surface area (Å²) in [7, 11) is 1.34. The van der Waals surface area contributed by atoms with E-state index in [0.717, 1.165) is 23.9 Å². The average Bonchev–Trinajstić information content (AvgIpc) is 3.48. The fourth-order valence-electron chi connectivity index (χ4n) is 2.97. The number of carbonyl (C=O) groups is 1. The van der Waals surface area contributed by atoms with Crippen molar-refractivity contribution in [1.29, 1.82) is 5.26 Å². The number of benzene rings is 2. The Balaban J connectivity index is 1.53. The number of hydrogen-bond donors (Lipinski definition) is 3. The van der Waals surface area contributed by atoms with Gasteiger partial charge in [0.2, 0.25) is 0 Å². The van der Waals surface area contributed by atoms with Crippen LogP contribution < -0.4 is 25.8 Å². The molecule has 0 radical (unpaired) electrons. The van der Waals surface area contributed by atoms with Crippen LogP contribution in [0.15, 0.2) is 51.4 Å². The third-order valence-electron chi connectivity index (χ3n) is 4.58. The molecule has 2 aromatic carbocycles. The highest BCUT2D eigenvalue weighted by molar-refractivity contribution is 8.18. The van der Waals surface area contributed by atoms with Crippen molar-refractivity contribution in [3.05, 3.63) is 58.0 Å². The number of halogens is 3. The Kier molecular flexibility index (Phi) is 6.80. The SMILES string of the molecule is COc1cc(C=C2S/C(=N\CN3NC=NN3)NC2=O)ccc1Oc1ccc(C#N)cc1C(F)(F)F. The van der Waals surface area contributed by atoms with E-state index < -0.39 is 17.5 Å². The standard InChI is InChI=1S/C21H16F3N7O3S/c1-33-17-7-12(8-18-19(32)29-20(35-18)26-11-31-28-10-27-30-31)2-5-16(17)34-15-4-3-13(9-25)6-14(15)21(22,23)24/h2-8,10,30H,11H2,1H3,(H,27,28)(H,26,29,32). The molecule has 0 atom stereocenters. The van der Waals surface area contributed by atoms with Crippen molar-refractivity contribution >= 4 is 35.3 Å². The molecule has 0 aromatic heterocycles. The second kappa shape index (κ2) is 9.95. The van der Waals surface area contributed by atoms with Crippen molar-refractivity contribution in [2.45, 2.75) is 6.18 Å². The third-order valence-corrected chi connectivity index (χ3v) is 5.53. The van der Waals surface area contributed by atoms with Gasteiger partial charge in [-0.2, -0.15) is 23.5 Å². The monoisotopic (exact) mass is 503 g/mol. The van der Waals surface area contributed by atoms with E-state index in [2.05, 4.69) is 26.4 Å². The van der Waals surface area contributed by atoms with Gasteiger partial charge in [0, 0.05) is 0 Å². The van der Waals surface area contributed by atoms with Gasteiger partial charge in [-0.15, -0.1) is 0 Å². The summed E-state index contributed by atoms with van der Waals surface area (Å²) in [5, 5.41) is 17.2. The molecular formula is C21H16F3N7O3S. The van der Waals surface area contributed by atoms with Gasteiger partial charge in [-0.05, 0) is 53.7 Å². The number of ether oxygens (including phenoxy) is 2. The van der Waals surface area contributed by atoms with Crippen LogP contribution in [-0.4, -0.2) is 36.3 Å². The van der Waals surface area contributed by atoms with Gasteiger partial charge in [-0.25, -0.2) is 10.5 Å². The lowest BCUT2D eigenvalue weighted by molar-refractivity contribution is -0.138. The number of carbonyl (C=O) groups excluding carboxylic acids is 1. The predicted molar refractivity (Wildman–Crippen MR) is 122 cm³/mol. The lowest BCUT2D eigenvalue weighted by Gasteiger charge is -2.16. The Bertz CT molecular complexity index is 1280. The van der Waals surface area contributed by atoms with Gasteiger partial charge in [-0.3, -0.25) is 10.2 Å². The molecule has 1 saturated heterocycles. The molecule has 0 bridgehead atoms. The summed E-state index contributed by atoms with van der Waals surface area (Å²) in [5.74, 6) is -0.636. The molecule has 2 aliphatic rings. The second-order valence-corrected chi connectivity index (χ2v) is 7.95. The zero-order chi connectivity index (χ0) is 25.0. The number of amidine groups is 1. The molecule has 180 valence electrons. The zero-order valence-electron chi connectivity index (χ0n) is 17.9. The van der Waals surface area contributed by atoms with E-state index in [1.807, 2.05) is 0 Å². The smallest absolute Gasteiger partial charge is 0.420 e. The maximum Gasteiger partial charge on any atom is 0.420 e. The molecule has 10 nitrogen and oxygen atoms in total. The summed E-state index contributed by atoms with van der Waals surface area (Å²) in [6, 6.07) is 9.24. The first-order valence-corrected chi connectivity index (χ1v) is 10.6. The van der Waals surface area contributed by atoms with Gasteiger partial charge < -0.3 is 14.8 Å². The van der Waals surface area contributed by atoms with Crippen LogP contribution in [0.3, 0.4) is 0 Å². The van der Waals surface area contributed by atoms with E-state index in [9.17, 15) is 18.0 Å². The molecule has 0 unspecified atom stereocenters. The molecule has 0 saturated carbocycles. The molecule has 4 rings (SSSR count). The van der Waals surface area contributed by atoms with Crippen molar-refractivity contribution in [2.75, 3.05) is 13.8 Å². The van der Waals surface area contributed by atoms with Gasteiger partial charge in [0.15, 0.2) is 16.7 Å². The fraction of sp³-hybridized carbons (Fsp3) is 0.143. The van der Waals surface area contributed by atoms with E-state index >= 15 is 0 Å². The van der Waals surface area contributed by atoms with Crippen LogP contribution in [0.2, 0.25) is 0 Å². The Hall–Kier alpha value is -4.22. The molecule has 35 heavy (non-hydrogen) atoms. The number of hydrazone groups is 1. The van der Waals surface area contributed by atoms with Crippen LogP contribution in [0, 0.1) is 11.3 Å². The lowest BCUT2D eigenvalue weighted by atomic mass is 10.1. The maximum absolute atomic E-state index is 13.5. The summed E-state index contributed by atoms with van der Waals surface area (Å²) >= 11 is 1.13. The molecule has 2 aromatic rings. The summed E-state index contributed by atoms with van der Waals surface area (Å²) < 4.78 is 51.2. The van der Waals surface area contributed by atoms with Crippen LogP contribution in [0.1, 0.15) is 16.7 Å². The van der Waals surface area contributed by atoms with Gasteiger partial charge in [-0.1, -0.05) is 11.2 Å². The Morgan fingerprint density at radius 2 is 2.03 bits per heavy atom. The fourth-order valence-corrected chi connectivity index (χ4v) is 3.79. The lowest BCUT2D eigenvalue weighted by Crippen LogP contribution is -2.39. The molecule has 14 heteroatoms. The van der Waals surface area contributed by atoms with E-state index in [1.165, 1.54) is 36.8 Å². The topological polar surface area (TPSA) is 123 Å². The zero-order valence-corrected chi connectivity index (χ0v) is 18.7. The number of amides is 1. The molecule has 3 N–H and O–H groups in total. The summed E-state index contributed by atoms with van der Waals surface area (Å²) in [6.45, 7) is 0.186. The van der Waals surface area contributed by atoms with Crippen LogP contribution in [0.25, 0.3) is 6.08 Å². The number of hydrogen-bond acceptors (Lipinski definition) is 10. The van der Waals surface area contributed by atoms with Crippen molar-refractivity contribution in [2.24, 2.45) is 10.1 Å². The van der Waals surface area contributed by atoms with Crippen LogP contribution >= 0.6 is 11.8 Å². The maximum atomic E-state index is 13.5. The van der Waals surface area contributed by atoms with Gasteiger partial charge >= 0.3 is 6.18 Å². The number of thioether (sulfide) groups is 1. The first kappa shape index (κ1) is 23.9. The summed E-state index contributed by atoms with van der Waals surface area (Å²) in [6.07, 6.45) is -1.69. The van der Waals surface area contributed by atoms with Gasteiger partial charge in [0.1, 0.15) is 18.8 Å². The summed E-state index contributed by atoms with van der Waals surface area (Å²) in [5.41, 5.74) is 4.75. The van der Waals surface area contributed by atoms with Crippen molar-refractivity contribution in [1.82, 2.24) is 21.4 Å². The number of rotatable bonds is 6. The minimum atomic E-state index is -4.72. The quantitative estimate of drug-likeness (QED) is 0.514. The highest BCUT2D eigenvalue weighted by Crippen LogP contribution is 2.41. The van der Waals surface area contributed by atoms with Crippen LogP contribution in [-0.2, 0) is 11.0 Å². The van der Waals surface area contributed by atoms with E-state index in [4.69, 9.17) is 14.7 Å². The number of methoxy groups -OCH3 is 1. The highest BCUT2D eigenvalue weighted by Gasteiger charge is 2.35. The van der Waals surface area contributed by atoms with Crippen molar-refractivity contribution < 1.29 is 27.4 Å². The van der Waals surface area contributed by atoms with E-state index in [0.29, 0.717) is 15.6 Å². The van der Waals surface area contributed by atoms with Gasteiger partial charge in [0.05, 0.1) is 29.2 Å². The number of nitriles is 1. The third kappa shape index (κ3) is 5.65. The molecule has 0 aliphatic carbocycles. The highest BCUT2D eigenvalue weighted by atomic mass is 32.2. The van der Waals surface area contributed by atoms with Crippen LogP contribution in [0.5, 0.6) is 17.2 Å². The van der Waals surface area contributed by atoms with Crippen molar-refractivity contribution in [3.8, 4) is 23.3 Å². The Morgan fingerprint density at radius 3 is 2.71 bits per heavy atom. The van der Waals surface area contributed by atoms with Gasteiger partial charge in [0.25, 0.3) is 5.91 Å². The number of hydrazine groups is 2. The number of nitrogens with one attached hydrogen (secondary N) is 3. The summed E-state index contributed by atoms with van der Waals surface area (Å²) in [4.78, 5) is 16.9. The average molecular weight is 503 g/mol. The van der Waals surface area contributed by atoms with E-state index in [-0.39, 0.29) is 29.6 Å². The first-order chi connectivity index (χ1) is 16.8. The first-order valence-electron chi connectivity index (χ1n) is 9.80. The molecule has 1 fully saturated rings. The molecule has 2 heterocycles. The number of aliphatic imine (C=N–C) groups is 1. The molecule has 1 amide bonds. The van der Waals surface area contributed by atoms with Crippen LogP contribution in [0.4, 0.5) is 13.2 Å². The Morgan fingerprint density at radius 1 is 1.23 bits per heavy atom. The molecule has 2 aliphatic heterocycles.